The predicted octanol–water partition coefficient (Wildman–Crippen LogP) is 20.4. The van der Waals surface area contributed by atoms with Crippen LogP contribution in [0, 0.1) is 0 Å². The Bertz CT molecular complexity index is 4220. The largest absolute Gasteiger partial charge is 0.310 e. The highest BCUT2D eigenvalue weighted by Gasteiger charge is 2.46. The Morgan fingerprint density at radius 1 is 0.316 bits per heavy atom. The van der Waals surface area contributed by atoms with Crippen molar-refractivity contribution in [2.24, 2.45) is 0 Å². The topological polar surface area (TPSA) is 8.17 Å². The molecule has 0 bridgehead atoms. The molecule has 2 heteroatoms. The second-order valence-corrected chi connectivity index (χ2v) is 21.0. The van der Waals surface area contributed by atoms with Crippen LogP contribution in [0.15, 0.2) is 291 Å². The van der Waals surface area contributed by atoms with E-state index in [0.29, 0.717) is 0 Å². The van der Waals surface area contributed by atoms with Gasteiger partial charge in [-0.25, -0.2) is 0 Å². The molecule has 1 aliphatic rings. The molecule has 376 valence electrons. The second kappa shape index (κ2) is 20.0. The van der Waals surface area contributed by atoms with Crippen LogP contribution < -0.4 is 4.90 Å². The van der Waals surface area contributed by atoms with Gasteiger partial charge in [0.15, 0.2) is 0 Å². The Balaban J connectivity index is 0.844. The van der Waals surface area contributed by atoms with Crippen LogP contribution in [0.5, 0.6) is 0 Å². The first-order valence-electron chi connectivity index (χ1n) is 27.8. The van der Waals surface area contributed by atoms with Gasteiger partial charge < -0.3 is 9.47 Å². The van der Waals surface area contributed by atoms with E-state index in [1.165, 1.54) is 99.8 Å². The maximum absolute atomic E-state index is 2.47. The zero-order chi connectivity index (χ0) is 52.9. The molecule has 1 heterocycles. The molecule has 1 aromatic heterocycles. The quantitative estimate of drug-likeness (QED) is 0.118. The van der Waals surface area contributed by atoms with E-state index in [1.54, 1.807) is 0 Å². The molecule has 79 heavy (non-hydrogen) atoms. The maximum Gasteiger partial charge on any atom is 0.0714 e. The summed E-state index contributed by atoms with van der Waals surface area (Å²) < 4.78 is 2.43. The first kappa shape index (κ1) is 47.7. The number of hydrogen-bond acceptors (Lipinski definition) is 1. The van der Waals surface area contributed by atoms with Crippen molar-refractivity contribution < 1.29 is 0 Å². The molecule has 1 aliphatic carbocycles. The van der Waals surface area contributed by atoms with E-state index >= 15 is 0 Å². The summed E-state index contributed by atoms with van der Waals surface area (Å²) in [6, 6.07) is 108. The van der Waals surface area contributed by atoms with Gasteiger partial charge in [-0.15, -0.1) is 0 Å². The molecule has 0 unspecified atom stereocenters. The number of nitrogens with zero attached hydrogens (tertiary/aromatic N) is 2. The molecule has 0 amide bonds. The zero-order valence-corrected chi connectivity index (χ0v) is 44.5. The lowest BCUT2D eigenvalue weighted by Gasteiger charge is -2.35. The van der Waals surface area contributed by atoms with E-state index in [1.807, 2.05) is 0 Å². The Labute approximate surface area is 463 Å². The van der Waals surface area contributed by atoms with Gasteiger partial charge in [0.2, 0.25) is 0 Å². The highest BCUT2D eigenvalue weighted by Crippen LogP contribution is 2.57. The Hall–Kier alpha value is -9.76. The molecular formula is C77H58N2. The standard InChI is InChI=1S/C77H58N2/c1-3-53-28-48-75-70(50-53)71-51-54(4-2)29-49-76(71)79(75)65-44-40-60(41-45-65)58-32-30-57(31-33-58)59-38-42-64(43-39-59)78(74-27-17-15-24-67(74)61-36-34-56(35-37-61)55-18-8-5-9-19-55)66-46-47-69-68-25-14-16-26-72(68)77(73(69)52-66,62-20-10-6-11-21-62)63-22-12-7-13-23-63/h5-52H,3-4H2,1-2H3. The van der Waals surface area contributed by atoms with E-state index in [0.717, 1.165) is 46.6 Å². The van der Waals surface area contributed by atoms with Crippen LogP contribution in [0.25, 0.3) is 83.1 Å². The summed E-state index contributed by atoms with van der Waals surface area (Å²) in [7, 11) is 0. The molecular weight excluding hydrogens is 953 g/mol. The number of benzene rings is 12. The van der Waals surface area contributed by atoms with Crippen molar-refractivity contribution in [2.75, 3.05) is 4.90 Å². The lowest BCUT2D eigenvalue weighted by Crippen LogP contribution is -2.28. The fourth-order valence-corrected chi connectivity index (χ4v) is 12.7. The van der Waals surface area contributed by atoms with E-state index in [2.05, 4.69) is 315 Å². The summed E-state index contributed by atoms with van der Waals surface area (Å²) in [6.07, 6.45) is 2.04. The van der Waals surface area contributed by atoms with Gasteiger partial charge in [0, 0.05) is 33.4 Å². The molecule has 0 N–H and O–H groups in total. The number of fused-ring (bicyclic) bond motifs is 6. The average molecular weight is 1010 g/mol. The molecule has 0 spiro atoms. The summed E-state index contributed by atoms with van der Waals surface area (Å²) in [5.74, 6) is 0. The summed E-state index contributed by atoms with van der Waals surface area (Å²) in [6.45, 7) is 4.47. The van der Waals surface area contributed by atoms with Gasteiger partial charge in [-0.2, -0.15) is 0 Å². The highest BCUT2D eigenvalue weighted by atomic mass is 15.1. The van der Waals surface area contributed by atoms with Crippen molar-refractivity contribution in [3.8, 4) is 61.3 Å². The fourth-order valence-electron chi connectivity index (χ4n) is 12.7. The Morgan fingerprint density at radius 2 is 0.734 bits per heavy atom. The molecule has 2 nitrogen and oxygen atoms in total. The van der Waals surface area contributed by atoms with E-state index in [4.69, 9.17) is 0 Å². The molecule has 14 rings (SSSR count). The van der Waals surface area contributed by atoms with Crippen molar-refractivity contribution in [1.29, 1.82) is 0 Å². The number of para-hydroxylation sites is 1. The van der Waals surface area contributed by atoms with E-state index < -0.39 is 5.41 Å². The number of aromatic nitrogens is 1. The Kier molecular flexibility index (Phi) is 12.1. The smallest absolute Gasteiger partial charge is 0.0714 e. The van der Waals surface area contributed by atoms with Gasteiger partial charge >= 0.3 is 0 Å². The molecule has 0 atom stereocenters. The van der Waals surface area contributed by atoms with Crippen LogP contribution in [0.1, 0.15) is 47.2 Å². The molecule has 0 radical (unpaired) electrons. The van der Waals surface area contributed by atoms with Crippen molar-refractivity contribution >= 4 is 38.9 Å². The lowest BCUT2D eigenvalue weighted by atomic mass is 9.67. The fraction of sp³-hybridized carbons (Fsp3) is 0.0649. The lowest BCUT2D eigenvalue weighted by molar-refractivity contribution is 0.768. The van der Waals surface area contributed by atoms with Crippen LogP contribution in [0.4, 0.5) is 17.1 Å². The van der Waals surface area contributed by atoms with Crippen molar-refractivity contribution in [2.45, 2.75) is 32.1 Å². The van der Waals surface area contributed by atoms with Gasteiger partial charge in [0.05, 0.1) is 22.1 Å². The molecule has 0 fully saturated rings. The van der Waals surface area contributed by atoms with E-state index in [9.17, 15) is 0 Å². The van der Waals surface area contributed by atoms with Gasteiger partial charge in [-0.3, -0.25) is 0 Å². The third kappa shape index (κ3) is 8.19. The van der Waals surface area contributed by atoms with Crippen LogP contribution in [-0.2, 0) is 18.3 Å². The summed E-state index contributed by atoms with van der Waals surface area (Å²) in [5.41, 5.74) is 26.2. The van der Waals surface area contributed by atoms with Crippen LogP contribution in [0.2, 0.25) is 0 Å². The second-order valence-electron chi connectivity index (χ2n) is 21.0. The maximum atomic E-state index is 2.47. The molecule has 0 aliphatic heterocycles. The van der Waals surface area contributed by atoms with Crippen LogP contribution in [0.3, 0.4) is 0 Å². The predicted molar refractivity (Wildman–Crippen MR) is 333 cm³/mol. The Morgan fingerprint density at radius 3 is 1.28 bits per heavy atom. The number of rotatable bonds is 12. The monoisotopic (exact) mass is 1010 g/mol. The summed E-state index contributed by atoms with van der Waals surface area (Å²) >= 11 is 0. The van der Waals surface area contributed by atoms with Crippen molar-refractivity contribution in [3.05, 3.63) is 325 Å². The molecule has 0 saturated carbocycles. The minimum atomic E-state index is -0.537. The summed E-state index contributed by atoms with van der Waals surface area (Å²) in [4.78, 5) is 2.46. The van der Waals surface area contributed by atoms with Gasteiger partial charge in [0.1, 0.15) is 0 Å². The van der Waals surface area contributed by atoms with Crippen LogP contribution >= 0.6 is 0 Å². The molecule has 0 saturated heterocycles. The first-order chi connectivity index (χ1) is 39.1. The van der Waals surface area contributed by atoms with Gasteiger partial charge in [-0.1, -0.05) is 238 Å². The number of hydrogen-bond donors (Lipinski definition) is 0. The first-order valence-corrected chi connectivity index (χ1v) is 27.8. The minimum Gasteiger partial charge on any atom is -0.310 e. The third-order valence-corrected chi connectivity index (χ3v) is 16.7. The highest BCUT2D eigenvalue weighted by molar-refractivity contribution is 6.10. The number of anilines is 3. The average Bonchev–Trinajstić information content (AvgIpc) is 3.59. The van der Waals surface area contributed by atoms with Crippen molar-refractivity contribution in [3.63, 3.8) is 0 Å². The summed E-state index contributed by atoms with van der Waals surface area (Å²) in [5, 5.41) is 2.64. The van der Waals surface area contributed by atoms with Crippen molar-refractivity contribution in [1.82, 2.24) is 4.57 Å². The van der Waals surface area contributed by atoms with Crippen LogP contribution in [-0.4, -0.2) is 4.57 Å². The third-order valence-electron chi connectivity index (χ3n) is 16.7. The minimum absolute atomic E-state index is 0.537. The molecule has 12 aromatic carbocycles. The SMILES string of the molecule is CCc1ccc2c(c1)c1cc(CC)ccc1n2-c1ccc(-c2ccc(-c3ccc(N(c4ccc5c(c4)C(c4ccccc4)(c4ccccc4)c4ccccc4-5)c4ccccc4-c4ccc(-c5ccccc5)cc4)cc3)cc2)cc1. The van der Waals surface area contributed by atoms with Gasteiger partial charge in [0.25, 0.3) is 0 Å². The normalized spacial score (nSPS) is 12.4. The molecule has 13 aromatic rings. The number of aryl methyl sites for hydroxylation is 2. The zero-order valence-electron chi connectivity index (χ0n) is 44.5. The van der Waals surface area contributed by atoms with Gasteiger partial charge in [-0.05, 0) is 163 Å². The van der Waals surface area contributed by atoms with E-state index in [-0.39, 0.29) is 0 Å².